The van der Waals surface area contributed by atoms with E-state index in [1.54, 1.807) is 12.1 Å². The maximum Gasteiger partial charge on any atom is 0.241 e. The summed E-state index contributed by atoms with van der Waals surface area (Å²) in [6, 6.07) is 4.87. The highest BCUT2D eigenvalue weighted by molar-refractivity contribution is 6.31. The lowest BCUT2D eigenvalue weighted by molar-refractivity contribution is -0.118. The van der Waals surface area contributed by atoms with E-state index >= 15 is 0 Å². The first-order valence-electron chi connectivity index (χ1n) is 5.24. The number of amides is 1. The molecular formula is C12H17ClN2O. The van der Waals surface area contributed by atoms with Crippen LogP contribution >= 0.6 is 11.6 Å². The summed E-state index contributed by atoms with van der Waals surface area (Å²) in [4.78, 5) is 11.7. The van der Waals surface area contributed by atoms with Crippen molar-refractivity contribution in [1.29, 1.82) is 0 Å². The van der Waals surface area contributed by atoms with E-state index in [0.29, 0.717) is 10.7 Å². The first kappa shape index (κ1) is 13.0. The molecule has 0 aliphatic carbocycles. The molecule has 4 heteroatoms. The first-order chi connectivity index (χ1) is 7.41. The van der Waals surface area contributed by atoms with Crippen LogP contribution in [0.4, 0.5) is 5.69 Å². The zero-order valence-corrected chi connectivity index (χ0v) is 10.5. The molecule has 0 radical (unpaired) electrons. The van der Waals surface area contributed by atoms with Crippen LogP contribution in [0.1, 0.15) is 19.4 Å². The van der Waals surface area contributed by atoms with Crippen LogP contribution in [0.15, 0.2) is 18.2 Å². The fourth-order valence-electron chi connectivity index (χ4n) is 1.25. The predicted octanol–water partition coefficient (Wildman–Crippen LogP) is 2.57. The van der Waals surface area contributed by atoms with Gasteiger partial charge in [0.1, 0.15) is 0 Å². The second kappa shape index (κ2) is 5.32. The Morgan fingerprint density at radius 3 is 2.62 bits per heavy atom. The van der Waals surface area contributed by atoms with E-state index in [4.69, 9.17) is 17.3 Å². The second-order valence-electron chi connectivity index (χ2n) is 4.22. The number of carbonyl (C=O) groups is 1. The van der Waals surface area contributed by atoms with Gasteiger partial charge in [0.15, 0.2) is 0 Å². The molecule has 1 aromatic rings. The molecule has 1 amide bonds. The molecule has 0 saturated carbocycles. The molecule has 3 N–H and O–H groups in total. The maximum absolute atomic E-state index is 11.7. The van der Waals surface area contributed by atoms with Crippen LogP contribution in [0.25, 0.3) is 0 Å². The molecule has 0 aromatic heterocycles. The average Bonchev–Trinajstić information content (AvgIpc) is 2.22. The summed E-state index contributed by atoms with van der Waals surface area (Å²) in [5.41, 5.74) is 7.43. The van der Waals surface area contributed by atoms with Crippen LogP contribution in [0, 0.1) is 12.8 Å². The number of hydrogen-bond donors (Lipinski definition) is 2. The second-order valence-corrected chi connectivity index (χ2v) is 4.65. The molecule has 1 unspecified atom stereocenters. The molecule has 1 rings (SSSR count). The molecule has 3 nitrogen and oxygen atoms in total. The lowest BCUT2D eigenvalue weighted by atomic mass is 10.0. The molecule has 0 heterocycles. The van der Waals surface area contributed by atoms with Crippen molar-refractivity contribution in [3.63, 3.8) is 0 Å². The molecule has 88 valence electrons. The number of halogens is 1. The van der Waals surface area contributed by atoms with Gasteiger partial charge in [-0.05, 0) is 30.5 Å². The lowest BCUT2D eigenvalue weighted by Crippen LogP contribution is -2.39. The van der Waals surface area contributed by atoms with Crippen LogP contribution in [0.3, 0.4) is 0 Å². The molecule has 16 heavy (non-hydrogen) atoms. The summed E-state index contributed by atoms with van der Waals surface area (Å²) in [5, 5.41) is 3.38. The van der Waals surface area contributed by atoms with E-state index in [9.17, 15) is 4.79 Å². The smallest absolute Gasteiger partial charge is 0.241 e. The molecule has 0 fully saturated rings. The first-order valence-corrected chi connectivity index (χ1v) is 5.62. The molecule has 0 saturated heterocycles. The number of aryl methyl sites for hydroxylation is 1. The number of hydrogen-bond acceptors (Lipinski definition) is 2. The third-order valence-electron chi connectivity index (χ3n) is 2.48. The standard InChI is InChI=1S/C12H17ClN2O/c1-7(2)11(14)12(16)15-10-6-9(13)5-4-8(10)3/h4-7,11H,14H2,1-3H3,(H,15,16). The summed E-state index contributed by atoms with van der Waals surface area (Å²) in [6.07, 6.45) is 0. The van der Waals surface area contributed by atoms with Gasteiger partial charge in [-0.3, -0.25) is 4.79 Å². The molecule has 0 aliphatic rings. The Bertz CT molecular complexity index is 391. The van der Waals surface area contributed by atoms with Gasteiger partial charge in [-0.1, -0.05) is 31.5 Å². The molecule has 0 bridgehead atoms. The van der Waals surface area contributed by atoms with Crippen LogP contribution in [-0.2, 0) is 4.79 Å². The molecule has 0 aliphatic heterocycles. The Hall–Kier alpha value is -1.06. The SMILES string of the molecule is Cc1ccc(Cl)cc1NC(=O)C(N)C(C)C. The fourth-order valence-corrected chi connectivity index (χ4v) is 1.42. The number of rotatable bonds is 3. The van der Waals surface area contributed by atoms with Crippen molar-refractivity contribution in [2.24, 2.45) is 11.7 Å². The summed E-state index contributed by atoms with van der Waals surface area (Å²) in [5.74, 6) is -0.0696. The zero-order chi connectivity index (χ0) is 12.3. The van der Waals surface area contributed by atoms with E-state index in [-0.39, 0.29) is 11.8 Å². The van der Waals surface area contributed by atoms with Gasteiger partial charge in [0.05, 0.1) is 6.04 Å². The monoisotopic (exact) mass is 240 g/mol. The van der Waals surface area contributed by atoms with Gasteiger partial charge >= 0.3 is 0 Å². The predicted molar refractivity (Wildman–Crippen MR) is 67.6 cm³/mol. The van der Waals surface area contributed by atoms with Gasteiger partial charge in [0, 0.05) is 10.7 Å². The van der Waals surface area contributed by atoms with Crippen molar-refractivity contribution in [2.45, 2.75) is 26.8 Å². The minimum absolute atomic E-state index is 0.111. The molecule has 1 atom stereocenters. The minimum Gasteiger partial charge on any atom is -0.324 e. The van der Waals surface area contributed by atoms with Gasteiger partial charge in [0.2, 0.25) is 5.91 Å². The van der Waals surface area contributed by atoms with Gasteiger partial charge < -0.3 is 11.1 Å². The van der Waals surface area contributed by atoms with Crippen LogP contribution in [-0.4, -0.2) is 11.9 Å². The van der Waals surface area contributed by atoms with Gasteiger partial charge in [-0.2, -0.15) is 0 Å². The van der Waals surface area contributed by atoms with E-state index < -0.39 is 6.04 Å². The molecular weight excluding hydrogens is 224 g/mol. The van der Waals surface area contributed by atoms with Crippen molar-refractivity contribution in [3.8, 4) is 0 Å². The van der Waals surface area contributed by atoms with E-state index in [0.717, 1.165) is 5.56 Å². The van der Waals surface area contributed by atoms with Gasteiger partial charge in [0.25, 0.3) is 0 Å². The highest BCUT2D eigenvalue weighted by Gasteiger charge is 2.17. The number of anilines is 1. The van der Waals surface area contributed by atoms with Gasteiger partial charge in [-0.25, -0.2) is 0 Å². The number of nitrogens with one attached hydrogen (secondary N) is 1. The zero-order valence-electron chi connectivity index (χ0n) is 9.75. The molecule has 1 aromatic carbocycles. The Morgan fingerprint density at radius 1 is 1.44 bits per heavy atom. The fraction of sp³-hybridized carbons (Fsp3) is 0.417. The number of carbonyl (C=O) groups excluding carboxylic acids is 1. The Kier molecular flexibility index (Phi) is 4.33. The number of nitrogens with two attached hydrogens (primary N) is 1. The minimum atomic E-state index is -0.501. The molecule has 0 spiro atoms. The summed E-state index contributed by atoms with van der Waals surface area (Å²) < 4.78 is 0. The third-order valence-corrected chi connectivity index (χ3v) is 2.71. The third kappa shape index (κ3) is 3.22. The van der Waals surface area contributed by atoms with Crippen LogP contribution in [0.2, 0.25) is 5.02 Å². The van der Waals surface area contributed by atoms with E-state index in [1.165, 1.54) is 0 Å². The van der Waals surface area contributed by atoms with Gasteiger partial charge in [-0.15, -0.1) is 0 Å². The van der Waals surface area contributed by atoms with E-state index in [1.807, 2.05) is 26.8 Å². The lowest BCUT2D eigenvalue weighted by Gasteiger charge is -2.16. The largest absolute Gasteiger partial charge is 0.324 e. The topological polar surface area (TPSA) is 55.1 Å². The van der Waals surface area contributed by atoms with Crippen molar-refractivity contribution in [1.82, 2.24) is 0 Å². The van der Waals surface area contributed by atoms with Crippen molar-refractivity contribution < 1.29 is 4.79 Å². The average molecular weight is 241 g/mol. The Balaban J connectivity index is 2.80. The van der Waals surface area contributed by atoms with Crippen LogP contribution < -0.4 is 11.1 Å². The van der Waals surface area contributed by atoms with Crippen molar-refractivity contribution in [2.75, 3.05) is 5.32 Å². The van der Waals surface area contributed by atoms with Crippen LogP contribution in [0.5, 0.6) is 0 Å². The highest BCUT2D eigenvalue weighted by Crippen LogP contribution is 2.20. The maximum atomic E-state index is 11.7. The highest BCUT2D eigenvalue weighted by atomic mass is 35.5. The summed E-state index contributed by atoms with van der Waals surface area (Å²) in [7, 11) is 0. The normalized spacial score (nSPS) is 12.6. The number of benzene rings is 1. The Morgan fingerprint density at radius 2 is 2.06 bits per heavy atom. The quantitative estimate of drug-likeness (QED) is 0.853. The van der Waals surface area contributed by atoms with Crippen molar-refractivity contribution in [3.05, 3.63) is 28.8 Å². The summed E-state index contributed by atoms with van der Waals surface area (Å²) in [6.45, 7) is 5.73. The van der Waals surface area contributed by atoms with E-state index in [2.05, 4.69) is 5.32 Å². The van der Waals surface area contributed by atoms with Crippen molar-refractivity contribution >= 4 is 23.2 Å². The summed E-state index contributed by atoms with van der Waals surface area (Å²) >= 11 is 5.86. The Labute approximate surface area is 101 Å².